The van der Waals surface area contributed by atoms with E-state index in [1.54, 1.807) is 36.8 Å². The van der Waals surface area contributed by atoms with E-state index in [1.165, 1.54) is 10.6 Å². The Morgan fingerprint density at radius 3 is 2.73 bits per heavy atom. The molecule has 0 aliphatic carbocycles. The van der Waals surface area contributed by atoms with Crippen LogP contribution in [-0.2, 0) is 6.54 Å². The summed E-state index contributed by atoms with van der Waals surface area (Å²) in [4.78, 5) is 35.8. The van der Waals surface area contributed by atoms with Gasteiger partial charge in [-0.2, -0.15) is 0 Å². The standard InChI is InChI=1S/C22H22ClN5O2/c23-19-7-2-1-5-16(19)13-28-14-17(8-9-20(28)29)21(30)26-18-6-3-12-27(15-18)22-24-10-4-11-25-22/h1-2,4-5,7-11,14,18H,3,6,12-13,15H2,(H,26,30). The quantitative estimate of drug-likeness (QED) is 0.682. The van der Waals surface area contributed by atoms with Gasteiger partial charge in [0.25, 0.3) is 11.5 Å². The van der Waals surface area contributed by atoms with Crippen molar-refractivity contribution in [3.8, 4) is 0 Å². The fraction of sp³-hybridized carbons (Fsp3) is 0.273. The molecule has 0 spiro atoms. The molecule has 154 valence electrons. The number of piperidine rings is 1. The summed E-state index contributed by atoms with van der Waals surface area (Å²) in [5.41, 5.74) is 1.08. The number of hydrogen-bond acceptors (Lipinski definition) is 5. The van der Waals surface area contributed by atoms with E-state index < -0.39 is 0 Å². The first-order valence-electron chi connectivity index (χ1n) is 9.87. The highest BCUT2D eigenvalue weighted by Gasteiger charge is 2.23. The summed E-state index contributed by atoms with van der Waals surface area (Å²) in [6.45, 7) is 1.82. The Kier molecular flexibility index (Phi) is 6.09. The normalized spacial score (nSPS) is 16.3. The van der Waals surface area contributed by atoms with E-state index in [2.05, 4.69) is 20.2 Å². The van der Waals surface area contributed by atoms with Crippen molar-refractivity contribution in [2.75, 3.05) is 18.0 Å². The van der Waals surface area contributed by atoms with Crippen LogP contribution in [0.4, 0.5) is 5.95 Å². The number of hydrogen-bond donors (Lipinski definition) is 1. The summed E-state index contributed by atoms with van der Waals surface area (Å²) in [5.74, 6) is 0.466. The van der Waals surface area contributed by atoms with Crippen LogP contribution in [0.15, 0.2) is 65.8 Å². The molecule has 7 nitrogen and oxygen atoms in total. The summed E-state index contributed by atoms with van der Waals surface area (Å²) < 4.78 is 1.50. The lowest BCUT2D eigenvalue weighted by Gasteiger charge is -2.33. The predicted octanol–water partition coefficient (Wildman–Crippen LogP) is 2.74. The molecule has 3 heterocycles. The number of halogens is 1. The van der Waals surface area contributed by atoms with Crippen molar-refractivity contribution in [2.24, 2.45) is 0 Å². The predicted molar refractivity (Wildman–Crippen MR) is 116 cm³/mol. The lowest BCUT2D eigenvalue weighted by Crippen LogP contribution is -2.48. The van der Waals surface area contributed by atoms with Crippen LogP contribution in [0.1, 0.15) is 28.8 Å². The molecule has 3 aromatic rings. The van der Waals surface area contributed by atoms with Crippen LogP contribution in [0, 0.1) is 0 Å². The Hall–Kier alpha value is -3.19. The van der Waals surface area contributed by atoms with Gasteiger partial charge in [-0.05, 0) is 36.6 Å². The molecule has 1 N–H and O–H groups in total. The number of pyridine rings is 1. The number of carbonyl (C=O) groups is 1. The van der Waals surface area contributed by atoms with Gasteiger partial charge in [0.1, 0.15) is 0 Å². The molecule has 1 aromatic carbocycles. The summed E-state index contributed by atoms with van der Waals surface area (Å²) in [7, 11) is 0. The van der Waals surface area contributed by atoms with Crippen LogP contribution in [0.25, 0.3) is 0 Å². The number of carbonyl (C=O) groups excluding carboxylic acids is 1. The Balaban J connectivity index is 1.46. The van der Waals surface area contributed by atoms with E-state index in [9.17, 15) is 9.59 Å². The van der Waals surface area contributed by atoms with Crippen molar-refractivity contribution >= 4 is 23.5 Å². The summed E-state index contributed by atoms with van der Waals surface area (Å²) >= 11 is 6.21. The van der Waals surface area contributed by atoms with Crippen LogP contribution in [-0.4, -0.2) is 39.6 Å². The maximum absolute atomic E-state index is 12.8. The van der Waals surface area contributed by atoms with Gasteiger partial charge in [0, 0.05) is 48.8 Å². The summed E-state index contributed by atoms with van der Waals surface area (Å²) in [6.07, 6.45) is 6.84. The molecule has 1 fully saturated rings. The minimum absolute atomic E-state index is 0.0148. The second kappa shape index (κ2) is 9.09. The number of nitrogens with one attached hydrogen (secondary N) is 1. The first kappa shape index (κ1) is 20.1. The first-order valence-corrected chi connectivity index (χ1v) is 10.2. The van der Waals surface area contributed by atoms with Gasteiger partial charge >= 0.3 is 0 Å². The van der Waals surface area contributed by atoms with E-state index in [0.29, 0.717) is 29.6 Å². The van der Waals surface area contributed by atoms with Crippen LogP contribution in [0.5, 0.6) is 0 Å². The number of nitrogens with zero attached hydrogens (tertiary/aromatic N) is 4. The molecule has 0 bridgehead atoms. The maximum Gasteiger partial charge on any atom is 0.253 e. The lowest BCUT2D eigenvalue weighted by molar-refractivity contribution is 0.0932. The van der Waals surface area contributed by atoms with Gasteiger partial charge in [0.15, 0.2) is 0 Å². The molecule has 1 amide bonds. The molecule has 8 heteroatoms. The zero-order valence-electron chi connectivity index (χ0n) is 16.4. The van der Waals surface area contributed by atoms with Gasteiger partial charge in [-0.25, -0.2) is 9.97 Å². The molecule has 0 radical (unpaired) electrons. The number of benzene rings is 1. The average molecular weight is 424 g/mol. The molecule has 2 aromatic heterocycles. The van der Waals surface area contributed by atoms with Crippen LogP contribution >= 0.6 is 11.6 Å². The lowest BCUT2D eigenvalue weighted by atomic mass is 10.1. The monoisotopic (exact) mass is 423 g/mol. The fourth-order valence-electron chi connectivity index (χ4n) is 3.60. The van der Waals surface area contributed by atoms with Crippen LogP contribution in [0.2, 0.25) is 5.02 Å². The zero-order valence-corrected chi connectivity index (χ0v) is 17.1. The minimum Gasteiger partial charge on any atom is -0.347 e. The smallest absolute Gasteiger partial charge is 0.253 e. The fourth-order valence-corrected chi connectivity index (χ4v) is 3.79. The number of aromatic nitrogens is 3. The Morgan fingerprint density at radius 1 is 1.13 bits per heavy atom. The molecule has 4 rings (SSSR count). The Bertz CT molecular complexity index is 1090. The van der Waals surface area contributed by atoms with E-state index in [0.717, 1.165) is 24.9 Å². The Labute approximate surface area is 179 Å². The van der Waals surface area contributed by atoms with Gasteiger partial charge in [-0.3, -0.25) is 9.59 Å². The summed E-state index contributed by atoms with van der Waals surface area (Å²) in [6, 6.07) is 12.1. The topological polar surface area (TPSA) is 80.1 Å². The second-order valence-corrected chi connectivity index (χ2v) is 7.69. The van der Waals surface area contributed by atoms with E-state index >= 15 is 0 Å². The van der Waals surface area contributed by atoms with Crippen molar-refractivity contribution in [2.45, 2.75) is 25.4 Å². The molecular weight excluding hydrogens is 402 g/mol. The highest BCUT2D eigenvalue weighted by Crippen LogP contribution is 2.17. The third-order valence-corrected chi connectivity index (χ3v) is 5.50. The van der Waals surface area contributed by atoms with Crippen molar-refractivity contribution in [3.63, 3.8) is 0 Å². The molecular formula is C22H22ClN5O2. The largest absolute Gasteiger partial charge is 0.347 e. The van der Waals surface area contributed by atoms with Gasteiger partial charge in [0.05, 0.1) is 12.1 Å². The van der Waals surface area contributed by atoms with Crippen molar-refractivity contribution in [1.82, 2.24) is 19.9 Å². The van der Waals surface area contributed by atoms with Gasteiger partial charge in [-0.15, -0.1) is 0 Å². The van der Waals surface area contributed by atoms with E-state index in [-0.39, 0.29) is 17.5 Å². The molecule has 1 unspecified atom stereocenters. The number of anilines is 1. The minimum atomic E-state index is -0.205. The SMILES string of the molecule is O=C(NC1CCCN(c2ncccn2)C1)c1ccc(=O)n(Cc2ccccc2Cl)c1. The molecule has 1 atom stereocenters. The number of amides is 1. The van der Waals surface area contributed by atoms with Crippen LogP contribution in [0.3, 0.4) is 0 Å². The Morgan fingerprint density at radius 2 is 1.93 bits per heavy atom. The van der Waals surface area contributed by atoms with Crippen LogP contribution < -0.4 is 15.8 Å². The summed E-state index contributed by atoms with van der Waals surface area (Å²) in [5, 5.41) is 3.67. The highest BCUT2D eigenvalue weighted by atomic mass is 35.5. The molecule has 1 saturated heterocycles. The third kappa shape index (κ3) is 4.68. The molecule has 0 saturated carbocycles. The first-order chi connectivity index (χ1) is 14.6. The van der Waals surface area contributed by atoms with Gasteiger partial charge < -0.3 is 14.8 Å². The van der Waals surface area contributed by atoms with Gasteiger partial charge in [0.2, 0.25) is 5.95 Å². The average Bonchev–Trinajstić information content (AvgIpc) is 2.77. The second-order valence-electron chi connectivity index (χ2n) is 7.28. The van der Waals surface area contributed by atoms with Gasteiger partial charge in [-0.1, -0.05) is 29.8 Å². The maximum atomic E-state index is 12.8. The number of rotatable bonds is 5. The van der Waals surface area contributed by atoms with Crippen molar-refractivity contribution in [3.05, 3.63) is 87.6 Å². The third-order valence-electron chi connectivity index (χ3n) is 5.14. The molecule has 1 aliphatic rings. The van der Waals surface area contributed by atoms with E-state index in [1.807, 2.05) is 18.2 Å². The molecule has 30 heavy (non-hydrogen) atoms. The van der Waals surface area contributed by atoms with E-state index in [4.69, 9.17) is 11.6 Å². The van der Waals surface area contributed by atoms with Crippen molar-refractivity contribution in [1.29, 1.82) is 0 Å². The highest BCUT2D eigenvalue weighted by molar-refractivity contribution is 6.31. The zero-order chi connectivity index (χ0) is 20.9. The molecule has 1 aliphatic heterocycles. The van der Waals surface area contributed by atoms with Crippen molar-refractivity contribution < 1.29 is 4.79 Å².